The van der Waals surface area contributed by atoms with Gasteiger partial charge < -0.3 is 19.5 Å². The number of likely N-dealkylation sites (tertiary alicyclic amines) is 1. The van der Waals surface area contributed by atoms with Gasteiger partial charge in [-0.3, -0.25) is 9.89 Å². The van der Waals surface area contributed by atoms with E-state index in [4.69, 9.17) is 9.47 Å². The molecule has 0 aliphatic carbocycles. The number of carboxylic acids is 1. The summed E-state index contributed by atoms with van der Waals surface area (Å²) in [7, 11) is 0. The van der Waals surface area contributed by atoms with Gasteiger partial charge in [-0.25, -0.2) is 4.79 Å². The number of aromatic carboxylic acids is 1. The number of hydrogen-bond acceptors (Lipinski definition) is 6. The maximum absolute atomic E-state index is 13.0. The molecule has 3 aliphatic rings. The van der Waals surface area contributed by atoms with Crippen molar-refractivity contribution in [2.24, 2.45) is 0 Å². The van der Waals surface area contributed by atoms with Gasteiger partial charge in [-0.15, -0.1) is 11.3 Å². The zero-order valence-corrected chi connectivity index (χ0v) is 16.1. The number of nitrogens with one attached hydrogen (secondary N) is 1. The number of aromatic nitrogens is 2. The second-order valence-corrected chi connectivity index (χ2v) is 8.61. The number of carboxylic acid groups (broad SMARTS) is 1. The number of piperidine rings is 1. The average Bonchev–Trinajstić information content (AvgIpc) is 3.34. The molecule has 148 valence electrons. The van der Waals surface area contributed by atoms with E-state index < -0.39 is 11.6 Å². The second kappa shape index (κ2) is 6.68. The van der Waals surface area contributed by atoms with Crippen molar-refractivity contribution >= 4 is 23.2 Å². The Balaban J connectivity index is 1.35. The highest BCUT2D eigenvalue weighted by Gasteiger charge is 2.43. The first kappa shape index (κ1) is 17.8. The van der Waals surface area contributed by atoms with Gasteiger partial charge in [0.25, 0.3) is 5.91 Å². The Kier molecular flexibility index (Phi) is 4.26. The van der Waals surface area contributed by atoms with Gasteiger partial charge in [-0.05, 0) is 24.5 Å². The molecule has 5 heterocycles. The Hall–Kier alpha value is -2.23. The molecule has 0 radical (unpaired) electrons. The minimum Gasteiger partial charge on any atom is -0.477 e. The lowest BCUT2D eigenvalue weighted by Crippen LogP contribution is -2.48. The number of amides is 1. The van der Waals surface area contributed by atoms with Crippen molar-refractivity contribution in [3.63, 3.8) is 0 Å². The van der Waals surface area contributed by atoms with Crippen molar-refractivity contribution < 1.29 is 24.2 Å². The van der Waals surface area contributed by atoms with Gasteiger partial charge in [0.1, 0.15) is 4.88 Å². The minimum absolute atomic E-state index is 0.0783. The second-order valence-electron chi connectivity index (χ2n) is 7.47. The largest absolute Gasteiger partial charge is 0.477 e. The number of nitrogens with zero attached hydrogens (tertiary/aromatic N) is 2. The molecule has 8 nitrogen and oxygen atoms in total. The number of hydrogen-bond donors (Lipinski definition) is 2. The van der Waals surface area contributed by atoms with Gasteiger partial charge in [0, 0.05) is 42.1 Å². The smallest absolute Gasteiger partial charge is 0.345 e. The molecule has 0 unspecified atom stereocenters. The van der Waals surface area contributed by atoms with Gasteiger partial charge in [0.2, 0.25) is 0 Å². The molecule has 1 spiro atoms. The molecule has 1 fully saturated rings. The lowest BCUT2D eigenvalue weighted by atomic mass is 9.82. The molecule has 5 rings (SSSR count). The first-order chi connectivity index (χ1) is 13.6. The molecular weight excluding hydrogens is 382 g/mol. The fraction of sp³-hybridized carbons (Fsp3) is 0.526. The number of rotatable bonds is 2. The predicted molar refractivity (Wildman–Crippen MR) is 99.7 cm³/mol. The number of ether oxygens (including phenoxy) is 2. The normalized spacial score (nSPS) is 20.6. The van der Waals surface area contributed by atoms with Crippen LogP contribution in [-0.4, -0.2) is 58.4 Å². The van der Waals surface area contributed by atoms with E-state index in [1.165, 1.54) is 11.3 Å². The van der Waals surface area contributed by atoms with E-state index in [9.17, 15) is 14.7 Å². The molecule has 2 aromatic rings. The van der Waals surface area contributed by atoms with Crippen LogP contribution in [-0.2, 0) is 34.5 Å². The van der Waals surface area contributed by atoms with Crippen molar-refractivity contribution in [3.05, 3.63) is 38.3 Å². The molecule has 1 saturated heterocycles. The van der Waals surface area contributed by atoms with Crippen LogP contribution in [0.4, 0.5) is 0 Å². The third-order valence-corrected chi connectivity index (χ3v) is 7.16. The highest BCUT2D eigenvalue weighted by Crippen LogP contribution is 2.44. The van der Waals surface area contributed by atoms with E-state index in [1.807, 2.05) is 4.90 Å². The number of H-pyrrole nitrogens is 1. The predicted octanol–water partition coefficient (Wildman–Crippen LogP) is 1.95. The summed E-state index contributed by atoms with van der Waals surface area (Å²) in [5.41, 5.74) is 2.83. The van der Waals surface area contributed by atoms with Crippen molar-refractivity contribution in [3.8, 4) is 0 Å². The van der Waals surface area contributed by atoms with Crippen LogP contribution in [0.1, 0.15) is 54.7 Å². The summed E-state index contributed by atoms with van der Waals surface area (Å²) < 4.78 is 11.7. The number of carbonyl (C=O) groups excluding carboxylic acids is 1. The fourth-order valence-electron chi connectivity index (χ4n) is 4.45. The van der Waals surface area contributed by atoms with Crippen molar-refractivity contribution in [1.82, 2.24) is 15.1 Å². The number of fused-ring (bicyclic) bond motifs is 3. The first-order valence-electron chi connectivity index (χ1n) is 9.51. The third kappa shape index (κ3) is 2.76. The molecule has 0 atom stereocenters. The molecular formula is C19H21N3O5S. The van der Waals surface area contributed by atoms with E-state index in [0.717, 1.165) is 34.5 Å². The molecule has 0 bridgehead atoms. The molecule has 2 aromatic heterocycles. The maximum atomic E-state index is 13.0. The van der Waals surface area contributed by atoms with E-state index in [0.29, 0.717) is 56.3 Å². The highest BCUT2D eigenvalue weighted by molar-refractivity contribution is 7.14. The lowest BCUT2D eigenvalue weighted by Gasteiger charge is -2.44. The fourth-order valence-corrected chi connectivity index (χ4v) is 5.52. The quantitative estimate of drug-likeness (QED) is 0.794. The van der Waals surface area contributed by atoms with E-state index in [-0.39, 0.29) is 5.91 Å². The zero-order chi connectivity index (χ0) is 19.3. The Bertz CT molecular complexity index is 942. The summed E-state index contributed by atoms with van der Waals surface area (Å²) in [6.45, 7) is 2.76. The van der Waals surface area contributed by atoms with E-state index >= 15 is 0 Å². The van der Waals surface area contributed by atoms with Crippen LogP contribution in [0, 0.1) is 0 Å². The summed E-state index contributed by atoms with van der Waals surface area (Å²) in [5, 5.41) is 16.6. The summed E-state index contributed by atoms with van der Waals surface area (Å²) >= 11 is 1.34. The molecule has 28 heavy (non-hydrogen) atoms. The van der Waals surface area contributed by atoms with Crippen LogP contribution >= 0.6 is 11.3 Å². The topological polar surface area (TPSA) is 105 Å². The monoisotopic (exact) mass is 403 g/mol. The summed E-state index contributed by atoms with van der Waals surface area (Å²) in [6.07, 6.45) is 2.81. The van der Waals surface area contributed by atoms with E-state index in [2.05, 4.69) is 10.2 Å². The standard InChI is InChI=1S/C19H21N3O5S/c23-17(16-11-10-26-7-1-13(11)20-21-16)22-5-3-19(4-6-22)12-9-15(18(24)25)28-14(12)2-8-27-19/h9H,1-8,10H2,(H,20,21)(H,24,25). The maximum Gasteiger partial charge on any atom is 0.345 e. The molecule has 3 aliphatic heterocycles. The van der Waals surface area contributed by atoms with Crippen molar-refractivity contribution in [1.29, 1.82) is 0 Å². The van der Waals surface area contributed by atoms with Crippen molar-refractivity contribution in [2.75, 3.05) is 26.3 Å². The number of aromatic amines is 1. The van der Waals surface area contributed by atoms with Gasteiger partial charge in [0.15, 0.2) is 5.69 Å². The molecule has 0 saturated carbocycles. The number of thiophene rings is 1. The Morgan fingerprint density at radius 3 is 2.86 bits per heavy atom. The summed E-state index contributed by atoms with van der Waals surface area (Å²) in [4.78, 5) is 27.7. The van der Waals surface area contributed by atoms with Gasteiger partial charge in [-0.2, -0.15) is 5.10 Å². The molecule has 2 N–H and O–H groups in total. The van der Waals surface area contributed by atoms with Crippen LogP contribution in [0.2, 0.25) is 0 Å². The van der Waals surface area contributed by atoms with Gasteiger partial charge in [-0.1, -0.05) is 0 Å². The Morgan fingerprint density at radius 1 is 1.25 bits per heavy atom. The van der Waals surface area contributed by atoms with Crippen LogP contribution in [0.15, 0.2) is 6.07 Å². The Morgan fingerprint density at radius 2 is 2.07 bits per heavy atom. The zero-order valence-electron chi connectivity index (χ0n) is 15.3. The number of carbonyl (C=O) groups is 2. The molecule has 0 aromatic carbocycles. The Labute approximate surface area is 165 Å². The van der Waals surface area contributed by atoms with E-state index in [1.54, 1.807) is 6.07 Å². The third-order valence-electron chi connectivity index (χ3n) is 5.97. The highest BCUT2D eigenvalue weighted by atomic mass is 32.1. The minimum atomic E-state index is -0.896. The van der Waals surface area contributed by atoms with Crippen LogP contribution in [0.3, 0.4) is 0 Å². The van der Waals surface area contributed by atoms with Crippen LogP contribution in [0.5, 0.6) is 0 Å². The molecule has 9 heteroatoms. The van der Waals surface area contributed by atoms with Gasteiger partial charge in [0.05, 0.1) is 25.4 Å². The summed E-state index contributed by atoms with van der Waals surface area (Å²) in [5.74, 6) is -0.974. The first-order valence-corrected chi connectivity index (χ1v) is 10.3. The molecule has 1 amide bonds. The van der Waals surface area contributed by atoms with Crippen molar-refractivity contribution in [2.45, 2.75) is 37.9 Å². The van der Waals surface area contributed by atoms with Crippen LogP contribution < -0.4 is 0 Å². The summed E-state index contributed by atoms with van der Waals surface area (Å²) in [6, 6.07) is 1.76. The van der Waals surface area contributed by atoms with Gasteiger partial charge >= 0.3 is 5.97 Å². The van der Waals surface area contributed by atoms with Crippen LogP contribution in [0.25, 0.3) is 0 Å². The average molecular weight is 403 g/mol. The SMILES string of the molecule is O=C(O)c1cc2c(s1)CCOC21CCN(C(=O)c2n[nH]c3c2COCC3)CC1. The lowest BCUT2D eigenvalue weighted by molar-refractivity contribution is -0.0927.